The van der Waals surface area contributed by atoms with Gasteiger partial charge in [0.25, 0.3) is 5.91 Å². The van der Waals surface area contributed by atoms with Gasteiger partial charge >= 0.3 is 0 Å². The van der Waals surface area contributed by atoms with Gasteiger partial charge in [-0.1, -0.05) is 6.08 Å². The van der Waals surface area contributed by atoms with E-state index in [1.54, 1.807) is 38.5 Å². The van der Waals surface area contributed by atoms with E-state index in [0.717, 1.165) is 37.1 Å². The number of amides is 2. The zero-order chi connectivity index (χ0) is 19.3. The standard InChI is InChI=1S/C21H28N2O4/c1-26-14-13-23-18-5-3-4-11-21(18,12-10-19(23)24)15-22-20(25)16-6-8-17(27-2)9-7-16/h5-9H,3-4,10-15H2,1-2H3,(H,22,25). The summed E-state index contributed by atoms with van der Waals surface area (Å²) in [5, 5.41) is 3.10. The highest BCUT2D eigenvalue weighted by molar-refractivity contribution is 5.94. The van der Waals surface area contributed by atoms with Gasteiger partial charge in [-0.15, -0.1) is 0 Å². The van der Waals surface area contributed by atoms with Crippen LogP contribution in [0.3, 0.4) is 0 Å². The highest BCUT2D eigenvalue weighted by Gasteiger charge is 2.44. The van der Waals surface area contributed by atoms with Gasteiger partial charge in [-0.3, -0.25) is 9.59 Å². The van der Waals surface area contributed by atoms with E-state index >= 15 is 0 Å². The smallest absolute Gasteiger partial charge is 0.251 e. The molecule has 6 heteroatoms. The van der Waals surface area contributed by atoms with Gasteiger partial charge in [0, 0.05) is 43.3 Å². The maximum atomic E-state index is 12.6. The van der Waals surface area contributed by atoms with E-state index < -0.39 is 0 Å². The average molecular weight is 372 g/mol. The summed E-state index contributed by atoms with van der Waals surface area (Å²) in [7, 11) is 3.25. The number of carbonyl (C=O) groups excluding carboxylic acids is 2. The molecule has 1 aliphatic heterocycles. The summed E-state index contributed by atoms with van der Waals surface area (Å²) in [4.78, 5) is 26.9. The molecule has 0 saturated carbocycles. The number of nitrogens with zero attached hydrogens (tertiary/aromatic N) is 1. The molecule has 1 N–H and O–H groups in total. The Morgan fingerprint density at radius 1 is 1.22 bits per heavy atom. The van der Waals surface area contributed by atoms with Gasteiger partial charge in [0.05, 0.1) is 13.7 Å². The molecular formula is C21H28N2O4. The van der Waals surface area contributed by atoms with Crippen LogP contribution >= 0.6 is 0 Å². The molecule has 6 nitrogen and oxygen atoms in total. The van der Waals surface area contributed by atoms with Crippen molar-refractivity contribution in [2.24, 2.45) is 5.41 Å². The van der Waals surface area contributed by atoms with Crippen LogP contribution < -0.4 is 10.1 Å². The summed E-state index contributed by atoms with van der Waals surface area (Å²) in [5.74, 6) is 0.775. The first kappa shape index (κ1) is 19.4. The fourth-order valence-electron chi connectivity index (χ4n) is 4.08. The van der Waals surface area contributed by atoms with Crippen LogP contribution in [0.1, 0.15) is 42.5 Å². The van der Waals surface area contributed by atoms with E-state index in [1.807, 2.05) is 4.90 Å². The van der Waals surface area contributed by atoms with Crippen molar-refractivity contribution in [3.05, 3.63) is 41.6 Å². The third kappa shape index (κ3) is 4.16. The molecular weight excluding hydrogens is 344 g/mol. The number of benzene rings is 1. The van der Waals surface area contributed by atoms with Gasteiger partial charge < -0.3 is 19.7 Å². The molecule has 1 aromatic carbocycles. The minimum atomic E-state index is -0.165. The predicted octanol–water partition coefficient (Wildman–Crippen LogP) is 2.75. The van der Waals surface area contributed by atoms with Gasteiger partial charge in [0.1, 0.15) is 5.75 Å². The van der Waals surface area contributed by atoms with Crippen molar-refractivity contribution in [2.75, 3.05) is 33.9 Å². The number of hydrogen-bond donors (Lipinski definition) is 1. The van der Waals surface area contributed by atoms with E-state index in [1.165, 1.54) is 0 Å². The minimum absolute atomic E-state index is 0.0997. The van der Waals surface area contributed by atoms with Crippen LogP contribution in [0.2, 0.25) is 0 Å². The SMILES string of the molecule is COCCN1C(=O)CCC2(CNC(=O)c3ccc(OC)cc3)CCCC=C12. The van der Waals surface area contributed by atoms with Crippen molar-refractivity contribution >= 4 is 11.8 Å². The lowest BCUT2D eigenvalue weighted by molar-refractivity contribution is -0.134. The van der Waals surface area contributed by atoms with Crippen LogP contribution in [0.25, 0.3) is 0 Å². The van der Waals surface area contributed by atoms with E-state index in [2.05, 4.69) is 11.4 Å². The number of rotatable bonds is 7. The third-order valence-electron chi connectivity index (χ3n) is 5.61. The molecule has 0 spiro atoms. The summed E-state index contributed by atoms with van der Waals surface area (Å²) < 4.78 is 10.3. The fraction of sp³-hybridized carbons (Fsp3) is 0.524. The number of ether oxygens (including phenoxy) is 2. The molecule has 1 saturated heterocycles. The Morgan fingerprint density at radius 3 is 2.70 bits per heavy atom. The fourth-order valence-corrected chi connectivity index (χ4v) is 4.08. The van der Waals surface area contributed by atoms with Gasteiger partial charge in [0.15, 0.2) is 0 Å². The van der Waals surface area contributed by atoms with E-state index in [0.29, 0.717) is 31.7 Å². The molecule has 0 aromatic heterocycles. The zero-order valence-corrected chi connectivity index (χ0v) is 16.1. The molecule has 1 aliphatic carbocycles. The topological polar surface area (TPSA) is 67.9 Å². The van der Waals surface area contributed by atoms with Gasteiger partial charge in [0.2, 0.25) is 5.91 Å². The van der Waals surface area contributed by atoms with Crippen molar-refractivity contribution in [3.8, 4) is 5.75 Å². The number of hydrogen-bond acceptors (Lipinski definition) is 4. The number of carbonyl (C=O) groups is 2. The van der Waals surface area contributed by atoms with E-state index in [4.69, 9.17) is 9.47 Å². The van der Waals surface area contributed by atoms with Crippen molar-refractivity contribution in [3.63, 3.8) is 0 Å². The number of methoxy groups -OCH3 is 2. The maximum Gasteiger partial charge on any atom is 0.251 e. The quantitative estimate of drug-likeness (QED) is 0.799. The minimum Gasteiger partial charge on any atom is -0.497 e. The number of allylic oxidation sites excluding steroid dienone is 1. The molecule has 1 heterocycles. The van der Waals surface area contributed by atoms with Crippen LogP contribution in [0, 0.1) is 5.41 Å². The molecule has 0 radical (unpaired) electrons. The zero-order valence-electron chi connectivity index (χ0n) is 16.1. The number of piperidine rings is 1. The largest absolute Gasteiger partial charge is 0.497 e. The lowest BCUT2D eigenvalue weighted by Crippen LogP contribution is -2.51. The number of fused-ring (bicyclic) bond motifs is 1. The molecule has 0 bridgehead atoms. The molecule has 1 fully saturated rings. The highest BCUT2D eigenvalue weighted by atomic mass is 16.5. The van der Waals surface area contributed by atoms with Crippen molar-refractivity contribution in [2.45, 2.75) is 32.1 Å². The summed E-state index contributed by atoms with van der Waals surface area (Å²) in [6.07, 6.45) is 6.51. The molecule has 27 heavy (non-hydrogen) atoms. The Balaban J connectivity index is 1.73. The van der Waals surface area contributed by atoms with E-state index in [9.17, 15) is 9.59 Å². The molecule has 1 atom stereocenters. The number of nitrogens with one attached hydrogen (secondary N) is 1. The maximum absolute atomic E-state index is 12.6. The Bertz CT molecular complexity index is 713. The normalized spacial score (nSPS) is 22.1. The Hall–Kier alpha value is -2.34. The summed E-state index contributed by atoms with van der Waals surface area (Å²) in [5.41, 5.74) is 1.51. The second-order valence-electron chi connectivity index (χ2n) is 7.21. The van der Waals surface area contributed by atoms with E-state index in [-0.39, 0.29) is 17.2 Å². The Morgan fingerprint density at radius 2 is 2.00 bits per heavy atom. The van der Waals surface area contributed by atoms with Crippen LogP contribution in [0.5, 0.6) is 5.75 Å². The first-order valence-electron chi connectivity index (χ1n) is 9.52. The van der Waals surface area contributed by atoms with Crippen LogP contribution in [-0.4, -0.2) is 50.6 Å². The predicted molar refractivity (Wildman–Crippen MR) is 103 cm³/mol. The molecule has 146 valence electrons. The van der Waals surface area contributed by atoms with Crippen LogP contribution in [0.15, 0.2) is 36.0 Å². The first-order chi connectivity index (χ1) is 13.1. The summed E-state index contributed by atoms with van der Waals surface area (Å²) >= 11 is 0. The highest BCUT2D eigenvalue weighted by Crippen LogP contribution is 2.46. The molecule has 2 amide bonds. The summed E-state index contributed by atoms with van der Waals surface area (Å²) in [6.45, 7) is 1.62. The molecule has 1 unspecified atom stereocenters. The number of likely N-dealkylation sites (tertiary alicyclic amines) is 1. The van der Waals surface area contributed by atoms with Gasteiger partial charge in [-0.05, 0) is 49.9 Å². The molecule has 3 rings (SSSR count). The first-order valence-corrected chi connectivity index (χ1v) is 9.52. The Kier molecular flexibility index (Phi) is 6.16. The van der Waals surface area contributed by atoms with Gasteiger partial charge in [-0.25, -0.2) is 0 Å². The van der Waals surface area contributed by atoms with Gasteiger partial charge in [-0.2, -0.15) is 0 Å². The second-order valence-corrected chi connectivity index (χ2v) is 7.21. The second kappa shape index (κ2) is 8.57. The monoisotopic (exact) mass is 372 g/mol. The van der Waals surface area contributed by atoms with Crippen molar-refractivity contribution in [1.29, 1.82) is 0 Å². The van der Waals surface area contributed by atoms with Crippen LogP contribution in [0.4, 0.5) is 0 Å². The van der Waals surface area contributed by atoms with Crippen molar-refractivity contribution in [1.82, 2.24) is 10.2 Å². The van der Waals surface area contributed by atoms with Crippen molar-refractivity contribution < 1.29 is 19.1 Å². The lowest BCUT2D eigenvalue weighted by atomic mass is 9.69. The Labute approximate surface area is 160 Å². The lowest BCUT2D eigenvalue weighted by Gasteiger charge is -2.47. The molecule has 2 aliphatic rings. The molecule has 1 aromatic rings. The average Bonchev–Trinajstić information content (AvgIpc) is 2.71. The third-order valence-corrected chi connectivity index (χ3v) is 5.61. The van der Waals surface area contributed by atoms with Crippen LogP contribution in [-0.2, 0) is 9.53 Å². The summed E-state index contributed by atoms with van der Waals surface area (Å²) in [6, 6.07) is 7.09.